The van der Waals surface area contributed by atoms with Gasteiger partial charge in [-0.3, -0.25) is 0 Å². The number of aromatic nitrogens is 1. The minimum Gasteiger partial charge on any atom is -0.375 e. The van der Waals surface area contributed by atoms with Crippen molar-refractivity contribution in [2.75, 3.05) is 4.90 Å². The molecule has 43 heavy (non-hydrogen) atoms. The van der Waals surface area contributed by atoms with Crippen molar-refractivity contribution < 1.29 is 0 Å². The highest BCUT2D eigenvalue weighted by molar-refractivity contribution is 6.90. The van der Waals surface area contributed by atoms with Crippen LogP contribution in [0.15, 0.2) is 97.1 Å². The SMILES string of the molecule is CC(C)c1ccc2c(c1)c1cc(C(C)C)cc3c1n2B1c2ccc(C(C)(C)C)cc2N(c2ccccc2)c2cccc-3c21. The van der Waals surface area contributed by atoms with E-state index >= 15 is 0 Å². The maximum absolute atomic E-state index is 2.68. The smallest absolute Gasteiger partial charge is 0.333 e. The zero-order chi connectivity index (χ0) is 29.8. The summed E-state index contributed by atoms with van der Waals surface area (Å²) in [6, 6.07) is 37.3. The predicted octanol–water partition coefficient (Wildman–Crippen LogP) is 9.76. The van der Waals surface area contributed by atoms with E-state index in [0.29, 0.717) is 11.8 Å². The normalized spacial score (nSPS) is 13.8. The molecule has 0 amide bonds. The summed E-state index contributed by atoms with van der Waals surface area (Å²) < 4.78 is 2.68. The Morgan fingerprint density at radius 1 is 0.628 bits per heavy atom. The molecule has 2 aliphatic heterocycles. The second-order valence-corrected chi connectivity index (χ2v) is 14.3. The Labute approximate surface area is 256 Å². The molecule has 3 heteroatoms. The van der Waals surface area contributed by atoms with Gasteiger partial charge in [-0.2, -0.15) is 0 Å². The van der Waals surface area contributed by atoms with E-state index in [1.165, 1.54) is 77.6 Å². The van der Waals surface area contributed by atoms with Gasteiger partial charge in [0.05, 0.1) is 0 Å². The molecule has 1 aromatic heterocycles. The van der Waals surface area contributed by atoms with Crippen LogP contribution in [0.5, 0.6) is 0 Å². The van der Waals surface area contributed by atoms with Gasteiger partial charge < -0.3 is 9.38 Å². The lowest BCUT2D eigenvalue weighted by molar-refractivity contribution is 0.590. The molecule has 0 spiro atoms. The maximum Gasteiger partial charge on any atom is 0.333 e. The topological polar surface area (TPSA) is 8.17 Å². The third-order valence-corrected chi connectivity index (χ3v) is 9.87. The molecule has 6 aromatic rings. The van der Waals surface area contributed by atoms with E-state index in [4.69, 9.17) is 0 Å². The van der Waals surface area contributed by atoms with Gasteiger partial charge in [0.15, 0.2) is 0 Å². The van der Waals surface area contributed by atoms with E-state index in [0.717, 1.165) is 0 Å². The van der Waals surface area contributed by atoms with Crippen molar-refractivity contribution in [3.8, 4) is 11.1 Å². The van der Waals surface area contributed by atoms with Crippen LogP contribution in [-0.4, -0.2) is 11.3 Å². The highest BCUT2D eigenvalue weighted by atomic mass is 15.2. The first-order valence-electron chi connectivity index (χ1n) is 15.9. The fourth-order valence-corrected chi connectivity index (χ4v) is 7.50. The number of rotatable bonds is 3. The lowest BCUT2D eigenvalue weighted by Gasteiger charge is -2.41. The minimum absolute atomic E-state index is 0.0482. The summed E-state index contributed by atoms with van der Waals surface area (Å²) in [5.41, 5.74) is 16.2. The molecule has 2 aliphatic rings. The molecule has 2 nitrogen and oxygen atoms in total. The number of anilines is 3. The van der Waals surface area contributed by atoms with Crippen molar-refractivity contribution in [2.45, 2.75) is 65.7 Å². The quantitative estimate of drug-likeness (QED) is 0.196. The Hall–Kier alpha value is -4.24. The molecule has 0 radical (unpaired) electrons. The summed E-state index contributed by atoms with van der Waals surface area (Å²) in [7, 11) is 0. The molecule has 8 rings (SSSR count). The number of hydrogen-bond donors (Lipinski definition) is 0. The molecular weight excluding hydrogens is 519 g/mol. The predicted molar refractivity (Wildman–Crippen MR) is 187 cm³/mol. The Kier molecular flexibility index (Phi) is 5.61. The van der Waals surface area contributed by atoms with E-state index in [9.17, 15) is 0 Å². The van der Waals surface area contributed by atoms with E-state index in [2.05, 4.69) is 155 Å². The number of fused-ring (bicyclic) bond motifs is 7. The summed E-state index contributed by atoms with van der Waals surface area (Å²) in [5, 5.41) is 2.76. The van der Waals surface area contributed by atoms with Crippen LogP contribution in [0.25, 0.3) is 32.9 Å². The zero-order valence-electron chi connectivity index (χ0n) is 26.4. The zero-order valence-corrected chi connectivity index (χ0v) is 26.4. The first-order valence-corrected chi connectivity index (χ1v) is 15.9. The number of para-hydroxylation sites is 1. The molecule has 0 aliphatic carbocycles. The Morgan fingerprint density at radius 2 is 1.37 bits per heavy atom. The van der Waals surface area contributed by atoms with Crippen molar-refractivity contribution in [2.24, 2.45) is 0 Å². The van der Waals surface area contributed by atoms with Crippen LogP contribution >= 0.6 is 0 Å². The van der Waals surface area contributed by atoms with Gasteiger partial charge in [0.25, 0.3) is 0 Å². The molecule has 5 aromatic carbocycles. The van der Waals surface area contributed by atoms with E-state index < -0.39 is 0 Å². The molecule has 3 heterocycles. The lowest BCUT2D eigenvalue weighted by Crippen LogP contribution is -2.56. The summed E-state index contributed by atoms with van der Waals surface area (Å²) in [6.07, 6.45) is 0. The second kappa shape index (κ2) is 9.13. The maximum atomic E-state index is 2.68. The van der Waals surface area contributed by atoms with Crippen LogP contribution in [0, 0.1) is 0 Å². The fourth-order valence-electron chi connectivity index (χ4n) is 7.50. The van der Waals surface area contributed by atoms with Crippen LogP contribution < -0.4 is 15.8 Å². The van der Waals surface area contributed by atoms with Crippen molar-refractivity contribution in [3.05, 3.63) is 114 Å². The van der Waals surface area contributed by atoms with Crippen LogP contribution in [0.1, 0.15) is 77.0 Å². The fraction of sp³-hybridized carbons (Fsp3) is 0.250. The molecule has 0 saturated carbocycles. The molecular formula is C40H39BN2. The van der Waals surface area contributed by atoms with Crippen molar-refractivity contribution in [3.63, 3.8) is 0 Å². The van der Waals surface area contributed by atoms with Crippen LogP contribution in [0.3, 0.4) is 0 Å². The van der Waals surface area contributed by atoms with Crippen molar-refractivity contribution in [1.82, 2.24) is 4.48 Å². The first-order chi connectivity index (χ1) is 20.6. The van der Waals surface area contributed by atoms with Crippen molar-refractivity contribution in [1.29, 1.82) is 0 Å². The third-order valence-electron chi connectivity index (χ3n) is 9.87. The molecule has 0 saturated heterocycles. The molecule has 0 bridgehead atoms. The summed E-state index contributed by atoms with van der Waals surface area (Å²) in [6.45, 7) is 16.3. The van der Waals surface area contributed by atoms with Crippen LogP contribution in [0.4, 0.5) is 17.1 Å². The molecule has 0 atom stereocenters. The van der Waals surface area contributed by atoms with E-state index in [1.54, 1.807) is 0 Å². The molecule has 0 fully saturated rings. The lowest BCUT2D eigenvalue weighted by atomic mass is 9.45. The minimum atomic E-state index is 0.0482. The summed E-state index contributed by atoms with van der Waals surface area (Å²) in [4.78, 5) is 2.51. The first kappa shape index (κ1) is 26.4. The van der Waals surface area contributed by atoms with Gasteiger partial charge in [0.2, 0.25) is 0 Å². The summed E-state index contributed by atoms with van der Waals surface area (Å²) >= 11 is 0. The van der Waals surface area contributed by atoms with Gasteiger partial charge in [0, 0.05) is 44.4 Å². The van der Waals surface area contributed by atoms with Gasteiger partial charge >= 0.3 is 6.85 Å². The van der Waals surface area contributed by atoms with E-state index in [-0.39, 0.29) is 12.3 Å². The number of hydrogen-bond acceptors (Lipinski definition) is 1. The van der Waals surface area contributed by atoms with Gasteiger partial charge in [-0.1, -0.05) is 97.0 Å². The average Bonchev–Trinajstić information content (AvgIpc) is 3.32. The van der Waals surface area contributed by atoms with Crippen LogP contribution in [0.2, 0.25) is 0 Å². The monoisotopic (exact) mass is 558 g/mol. The highest BCUT2D eigenvalue weighted by Crippen LogP contribution is 2.46. The van der Waals surface area contributed by atoms with Gasteiger partial charge in [-0.15, -0.1) is 0 Å². The van der Waals surface area contributed by atoms with Gasteiger partial charge in [0.1, 0.15) is 0 Å². The van der Waals surface area contributed by atoms with Crippen LogP contribution in [-0.2, 0) is 5.41 Å². The van der Waals surface area contributed by atoms with Gasteiger partial charge in [-0.25, -0.2) is 0 Å². The standard InChI is InChI=1S/C40H39BN2/c1-24(2)26-16-19-35-31(20-26)33-22-27(25(3)4)21-32-30-14-11-15-36-38(30)41(43(35)39(32)33)34-18-17-28(40(5,6)7)23-37(34)42(36)29-12-9-8-10-13-29/h8-25H,1-7H3. The molecule has 212 valence electrons. The Morgan fingerprint density at radius 3 is 2.09 bits per heavy atom. The Bertz CT molecular complexity index is 2070. The average molecular weight is 559 g/mol. The summed E-state index contributed by atoms with van der Waals surface area (Å²) in [5.74, 6) is 0.928. The number of nitrogens with zero attached hydrogens (tertiary/aromatic N) is 2. The highest BCUT2D eigenvalue weighted by Gasteiger charge is 2.43. The number of benzene rings is 5. The molecule has 0 N–H and O–H groups in total. The largest absolute Gasteiger partial charge is 0.375 e. The molecule has 0 unspecified atom stereocenters. The third kappa shape index (κ3) is 3.73. The van der Waals surface area contributed by atoms with Gasteiger partial charge in [-0.05, 0) is 99.0 Å². The van der Waals surface area contributed by atoms with E-state index in [1.807, 2.05) is 0 Å². The second-order valence-electron chi connectivity index (χ2n) is 14.3. The Balaban J connectivity index is 1.54. The van der Waals surface area contributed by atoms with Crippen molar-refractivity contribution >= 4 is 56.6 Å².